The van der Waals surface area contributed by atoms with Crippen LogP contribution in [0.1, 0.15) is 89.9 Å². The number of unbranched alkanes of at least 4 members (excludes halogenated alkanes) is 10. The Morgan fingerprint density at radius 1 is 0.757 bits per heavy atom. The van der Waals surface area contributed by atoms with Crippen LogP contribution in [-0.2, 0) is 23.9 Å². The van der Waals surface area contributed by atoms with Crippen molar-refractivity contribution in [2.45, 2.75) is 95.9 Å². The Labute approximate surface area is 222 Å². The Hall–Kier alpha value is -1.81. The van der Waals surface area contributed by atoms with Crippen molar-refractivity contribution in [3.05, 3.63) is 0 Å². The molecule has 0 amide bonds. The molecule has 2 N–H and O–H groups in total. The van der Waals surface area contributed by atoms with Gasteiger partial charge in [-0.15, -0.1) is 0 Å². The molecule has 1 atom stereocenters. The Morgan fingerprint density at radius 3 is 1.76 bits per heavy atom. The summed E-state index contributed by atoms with van der Waals surface area (Å²) >= 11 is 0. The van der Waals surface area contributed by atoms with E-state index < -0.39 is 23.9 Å². The van der Waals surface area contributed by atoms with E-state index in [1.807, 2.05) is 14.1 Å². The van der Waals surface area contributed by atoms with Gasteiger partial charge in [0.25, 0.3) is 0 Å². The fourth-order valence-electron chi connectivity index (χ4n) is 3.96. The second-order valence-corrected chi connectivity index (χ2v) is 10.3. The topological polar surface area (TPSA) is 102 Å². The molecule has 0 bridgehead atoms. The van der Waals surface area contributed by atoms with Crippen molar-refractivity contribution in [2.75, 3.05) is 60.3 Å². The van der Waals surface area contributed by atoms with E-state index in [9.17, 15) is 23.2 Å². The highest BCUT2D eigenvalue weighted by Crippen LogP contribution is 2.08. The molecule has 0 saturated heterocycles. The Balaban J connectivity index is 4.46. The maximum Gasteiger partial charge on any atom is 0.359 e. The van der Waals surface area contributed by atoms with Crippen LogP contribution in [0, 0.1) is 0 Å². The van der Waals surface area contributed by atoms with Crippen LogP contribution in [0.3, 0.4) is 0 Å². The maximum atomic E-state index is 12.6. The number of esters is 2. The van der Waals surface area contributed by atoms with Gasteiger partial charge in [-0.3, -0.25) is 18.4 Å². The SMILES string of the molecule is C[N+](C)(CCCNC(CC(=O)OCCCCCCCCF)C(=O)OCCCCCCCCF)CC(=O)O. The average molecular weight is 538 g/mol. The summed E-state index contributed by atoms with van der Waals surface area (Å²) < 4.78 is 35.2. The first kappa shape index (κ1) is 35.2. The van der Waals surface area contributed by atoms with E-state index >= 15 is 0 Å². The van der Waals surface area contributed by atoms with Crippen LogP contribution < -0.4 is 5.32 Å². The zero-order chi connectivity index (χ0) is 27.8. The van der Waals surface area contributed by atoms with Crippen LogP contribution >= 0.6 is 0 Å². The largest absolute Gasteiger partial charge is 0.477 e. The Bertz CT molecular complexity index is 607. The van der Waals surface area contributed by atoms with E-state index in [2.05, 4.69) is 5.32 Å². The number of carbonyl (C=O) groups excluding carboxylic acids is 2. The maximum absolute atomic E-state index is 12.6. The molecule has 0 aromatic rings. The number of carbonyl (C=O) groups is 3. The molecule has 37 heavy (non-hydrogen) atoms. The second-order valence-electron chi connectivity index (χ2n) is 10.3. The van der Waals surface area contributed by atoms with Crippen LogP contribution in [0.4, 0.5) is 8.78 Å². The van der Waals surface area contributed by atoms with Gasteiger partial charge in [-0.25, -0.2) is 4.79 Å². The molecular weight excluding hydrogens is 486 g/mol. The molecule has 8 nitrogen and oxygen atoms in total. The minimum atomic E-state index is -0.871. The number of nitrogens with zero attached hydrogens (tertiary/aromatic N) is 1. The zero-order valence-electron chi connectivity index (χ0n) is 23.1. The molecule has 0 rings (SSSR count). The number of carboxylic acids is 1. The predicted molar refractivity (Wildman–Crippen MR) is 140 cm³/mol. The van der Waals surface area contributed by atoms with Gasteiger partial charge in [0.15, 0.2) is 6.54 Å². The fraction of sp³-hybridized carbons (Fsp3) is 0.889. The molecule has 0 aliphatic carbocycles. The molecule has 10 heteroatoms. The molecule has 0 spiro atoms. The summed E-state index contributed by atoms with van der Waals surface area (Å²) in [5.74, 6) is -1.84. The third-order valence-electron chi connectivity index (χ3n) is 6.11. The molecular formula is C27H51F2N2O6+. The highest BCUT2D eigenvalue weighted by molar-refractivity contribution is 5.82. The lowest BCUT2D eigenvalue weighted by Gasteiger charge is -2.28. The van der Waals surface area contributed by atoms with Crippen LogP contribution in [0.2, 0.25) is 0 Å². The molecule has 218 valence electrons. The first-order valence-corrected chi connectivity index (χ1v) is 13.9. The number of likely N-dealkylation sites (N-methyl/N-ethyl adjacent to an activating group) is 1. The quantitative estimate of drug-likeness (QED) is 0.0945. The highest BCUT2D eigenvalue weighted by Gasteiger charge is 2.25. The number of rotatable bonds is 26. The van der Waals surface area contributed by atoms with Gasteiger partial charge < -0.3 is 24.4 Å². The number of quaternary nitrogens is 1. The normalized spacial score (nSPS) is 12.3. The molecule has 0 aliphatic rings. The van der Waals surface area contributed by atoms with E-state index in [0.29, 0.717) is 43.3 Å². The summed E-state index contributed by atoms with van der Waals surface area (Å²) in [7, 11) is 3.66. The number of hydrogen-bond donors (Lipinski definition) is 2. The zero-order valence-corrected chi connectivity index (χ0v) is 23.1. The van der Waals surface area contributed by atoms with Crippen LogP contribution in [0.15, 0.2) is 0 Å². The van der Waals surface area contributed by atoms with Crippen LogP contribution in [0.25, 0.3) is 0 Å². The molecule has 1 unspecified atom stereocenters. The number of hydrogen-bond acceptors (Lipinski definition) is 6. The van der Waals surface area contributed by atoms with Crippen molar-refractivity contribution in [1.29, 1.82) is 0 Å². The lowest BCUT2D eigenvalue weighted by atomic mass is 10.1. The smallest absolute Gasteiger partial charge is 0.359 e. The van der Waals surface area contributed by atoms with Crippen LogP contribution in [0.5, 0.6) is 0 Å². The predicted octanol–water partition coefficient (Wildman–Crippen LogP) is 4.59. The minimum Gasteiger partial charge on any atom is -0.477 e. The van der Waals surface area contributed by atoms with Crippen molar-refractivity contribution in [3.63, 3.8) is 0 Å². The van der Waals surface area contributed by atoms with Crippen molar-refractivity contribution < 1.29 is 42.2 Å². The standard InChI is InChI=1S/C27H50F2N2O6/c1-31(2,23-25(32)33)19-15-18-30-24(27(35)37-21-14-10-6-4-8-12-17-29)22-26(34)36-20-13-9-5-3-7-11-16-28/h24,30H,3-23H2,1-2H3/p+1. The molecule has 0 saturated carbocycles. The van der Waals surface area contributed by atoms with Gasteiger partial charge in [0, 0.05) is 13.0 Å². The Kier molecular flexibility index (Phi) is 22.2. The number of ether oxygens (including phenoxy) is 2. The van der Waals surface area contributed by atoms with Gasteiger partial charge in [0.05, 0.1) is 53.6 Å². The summed E-state index contributed by atoms with van der Waals surface area (Å²) in [5, 5.41) is 12.1. The summed E-state index contributed by atoms with van der Waals surface area (Å²) in [6.45, 7) is 1.01. The van der Waals surface area contributed by atoms with Crippen molar-refractivity contribution >= 4 is 17.9 Å². The van der Waals surface area contributed by atoms with Crippen molar-refractivity contribution in [3.8, 4) is 0 Å². The first-order valence-electron chi connectivity index (χ1n) is 13.9. The second kappa shape index (κ2) is 23.3. The number of aliphatic carboxylic acids is 1. The summed E-state index contributed by atoms with van der Waals surface area (Å²) in [6.07, 6.45) is 10.5. The molecule has 0 aromatic carbocycles. The van der Waals surface area contributed by atoms with Crippen molar-refractivity contribution in [1.82, 2.24) is 5.32 Å². The summed E-state index contributed by atoms with van der Waals surface area (Å²) in [5.41, 5.74) is 0. The van der Waals surface area contributed by atoms with Gasteiger partial charge >= 0.3 is 17.9 Å². The molecule has 0 aromatic heterocycles. The van der Waals surface area contributed by atoms with Gasteiger partial charge in [0.2, 0.25) is 0 Å². The fourth-order valence-corrected chi connectivity index (χ4v) is 3.96. The van der Waals surface area contributed by atoms with Gasteiger partial charge in [-0.05, 0) is 25.7 Å². The van der Waals surface area contributed by atoms with Gasteiger partial charge in [0.1, 0.15) is 6.04 Å². The molecule has 0 aliphatic heterocycles. The number of nitrogens with one attached hydrogen (secondary N) is 1. The summed E-state index contributed by atoms with van der Waals surface area (Å²) in [4.78, 5) is 36.0. The van der Waals surface area contributed by atoms with Crippen molar-refractivity contribution in [2.24, 2.45) is 0 Å². The lowest BCUT2D eigenvalue weighted by Crippen LogP contribution is -2.46. The van der Waals surface area contributed by atoms with Gasteiger partial charge in [-0.1, -0.05) is 51.4 Å². The third kappa shape index (κ3) is 23.1. The van der Waals surface area contributed by atoms with E-state index in [1.54, 1.807) is 0 Å². The molecule has 0 fully saturated rings. The number of carboxylic acid groups (broad SMARTS) is 1. The molecule has 0 heterocycles. The first-order chi connectivity index (χ1) is 17.7. The summed E-state index contributed by atoms with van der Waals surface area (Å²) in [6, 6.07) is -0.826. The van der Waals surface area contributed by atoms with Gasteiger partial charge in [-0.2, -0.15) is 0 Å². The lowest BCUT2D eigenvalue weighted by molar-refractivity contribution is -0.883. The Morgan fingerprint density at radius 2 is 1.24 bits per heavy atom. The monoisotopic (exact) mass is 537 g/mol. The third-order valence-corrected chi connectivity index (χ3v) is 6.11. The number of alkyl halides is 2. The van der Waals surface area contributed by atoms with E-state index in [-0.39, 0.29) is 39.5 Å². The number of halogens is 2. The van der Waals surface area contributed by atoms with E-state index in [1.165, 1.54) is 0 Å². The minimum absolute atomic E-state index is 0.00141. The highest BCUT2D eigenvalue weighted by atomic mass is 19.1. The van der Waals surface area contributed by atoms with E-state index in [0.717, 1.165) is 57.8 Å². The molecule has 0 radical (unpaired) electrons. The average Bonchev–Trinajstić information content (AvgIpc) is 2.83. The van der Waals surface area contributed by atoms with Crippen LogP contribution in [-0.4, -0.2) is 93.8 Å². The van der Waals surface area contributed by atoms with E-state index in [4.69, 9.17) is 14.6 Å².